The molecule has 0 amide bonds. The molecule has 0 saturated heterocycles. The summed E-state index contributed by atoms with van der Waals surface area (Å²) < 4.78 is 0. The van der Waals surface area contributed by atoms with E-state index in [4.69, 9.17) is 5.73 Å². The lowest BCUT2D eigenvalue weighted by atomic mass is 9.47. The number of aryl methyl sites for hydroxylation is 2. The van der Waals surface area contributed by atoms with E-state index in [0.717, 1.165) is 17.8 Å². The summed E-state index contributed by atoms with van der Waals surface area (Å²) in [6.07, 6.45) is 8.68. The van der Waals surface area contributed by atoms with Crippen LogP contribution in [-0.2, 0) is 0 Å². The number of hydrogen-bond acceptors (Lipinski definition) is 1. The Morgan fingerprint density at radius 2 is 1.35 bits per heavy atom. The van der Waals surface area contributed by atoms with Crippen LogP contribution < -0.4 is 5.73 Å². The first-order valence-corrected chi connectivity index (χ1v) is 8.38. The molecule has 0 heterocycles. The van der Waals surface area contributed by atoms with Crippen molar-refractivity contribution in [3.05, 3.63) is 34.9 Å². The van der Waals surface area contributed by atoms with Crippen LogP contribution in [0.4, 0.5) is 0 Å². The third-order valence-electron chi connectivity index (χ3n) is 6.35. The summed E-state index contributed by atoms with van der Waals surface area (Å²) in [5.74, 6) is 2.95. The fourth-order valence-electron chi connectivity index (χ4n) is 6.10. The molecule has 4 bridgehead atoms. The van der Waals surface area contributed by atoms with E-state index in [2.05, 4.69) is 32.0 Å². The third kappa shape index (κ3) is 1.94. The molecule has 1 aromatic rings. The van der Waals surface area contributed by atoms with E-state index in [0.29, 0.717) is 5.41 Å². The highest BCUT2D eigenvalue weighted by atomic mass is 14.7. The number of benzene rings is 1. The summed E-state index contributed by atoms with van der Waals surface area (Å²) in [4.78, 5) is 0. The van der Waals surface area contributed by atoms with Gasteiger partial charge in [-0.3, -0.25) is 0 Å². The monoisotopic (exact) mass is 269 g/mol. The van der Waals surface area contributed by atoms with Gasteiger partial charge in [0.1, 0.15) is 0 Å². The molecule has 1 atom stereocenters. The third-order valence-corrected chi connectivity index (χ3v) is 6.35. The van der Waals surface area contributed by atoms with Crippen molar-refractivity contribution in [3.63, 3.8) is 0 Å². The maximum atomic E-state index is 6.83. The van der Waals surface area contributed by atoms with Gasteiger partial charge >= 0.3 is 0 Å². The van der Waals surface area contributed by atoms with Gasteiger partial charge in [-0.1, -0.05) is 29.3 Å². The quantitative estimate of drug-likeness (QED) is 0.839. The van der Waals surface area contributed by atoms with Gasteiger partial charge in [-0.15, -0.1) is 0 Å². The average Bonchev–Trinajstić information content (AvgIpc) is 2.35. The van der Waals surface area contributed by atoms with Crippen LogP contribution in [0.3, 0.4) is 0 Å². The molecule has 108 valence electrons. The summed E-state index contributed by atoms with van der Waals surface area (Å²) >= 11 is 0. The van der Waals surface area contributed by atoms with Crippen molar-refractivity contribution in [2.75, 3.05) is 0 Å². The smallest absolute Gasteiger partial charge is 0.0352 e. The van der Waals surface area contributed by atoms with E-state index in [1.165, 1.54) is 55.2 Å². The zero-order valence-electron chi connectivity index (χ0n) is 12.9. The van der Waals surface area contributed by atoms with E-state index >= 15 is 0 Å². The second kappa shape index (κ2) is 4.34. The molecule has 0 radical (unpaired) electrons. The fourth-order valence-corrected chi connectivity index (χ4v) is 6.10. The van der Waals surface area contributed by atoms with Crippen molar-refractivity contribution < 1.29 is 0 Å². The minimum atomic E-state index is 0.259. The first-order chi connectivity index (χ1) is 9.54. The highest BCUT2D eigenvalue weighted by Crippen LogP contribution is 2.63. The lowest BCUT2D eigenvalue weighted by Gasteiger charge is -2.59. The summed E-state index contributed by atoms with van der Waals surface area (Å²) in [5.41, 5.74) is 11.4. The maximum Gasteiger partial charge on any atom is 0.0352 e. The molecular formula is C19H27N. The van der Waals surface area contributed by atoms with Crippen LogP contribution in [0.25, 0.3) is 0 Å². The normalized spacial score (nSPS) is 40.0. The predicted octanol–water partition coefficient (Wildman–Crippen LogP) is 4.52. The van der Waals surface area contributed by atoms with E-state index in [1.807, 2.05) is 0 Å². The standard InChI is InChI=1S/C19H27N/c1-12-3-13(2)5-17(4-12)18(20)19-9-14-6-15(10-19)8-16(7-14)11-19/h3-5,14-16,18H,6-11,20H2,1-2H3. The molecule has 1 aromatic carbocycles. The molecule has 0 spiro atoms. The SMILES string of the molecule is Cc1cc(C)cc(C(N)C23CC4CC(CC(C4)C2)C3)c1. The molecule has 2 N–H and O–H groups in total. The number of nitrogens with two attached hydrogens (primary N) is 1. The Morgan fingerprint density at radius 1 is 0.900 bits per heavy atom. The van der Waals surface area contributed by atoms with Gasteiger partial charge in [-0.05, 0) is 81.1 Å². The van der Waals surface area contributed by atoms with Crippen LogP contribution in [0.1, 0.15) is 61.3 Å². The minimum Gasteiger partial charge on any atom is -0.323 e. The number of hydrogen-bond donors (Lipinski definition) is 1. The fraction of sp³-hybridized carbons (Fsp3) is 0.684. The van der Waals surface area contributed by atoms with Crippen LogP contribution >= 0.6 is 0 Å². The molecule has 5 rings (SSSR count). The molecule has 0 aromatic heterocycles. The Hall–Kier alpha value is -0.820. The molecule has 4 aliphatic carbocycles. The average molecular weight is 269 g/mol. The predicted molar refractivity (Wildman–Crippen MR) is 83.4 cm³/mol. The van der Waals surface area contributed by atoms with Crippen molar-refractivity contribution in [3.8, 4) is 0 Å². The summed E-state index contributed by atoms with van der Waals surface area (Å²) in [6.45, 7) is 4.39. The molecule has 20 heavy (non-hydrogen) atoms. The van der Waals surface area contributed by atoms with Crippen LogP contribution in [0.5, 0.6) is 0 Å². The Morgan fingerprint density at radius 3 is 1.80 bits per heavy atom. The molecule has 1 nitrogen and oxygen atoms in total. The lowest BCUT2D eigenvalue weighted by molar-refractivity contribution is -0.0677. The maximum absolute atomic E-state index is 6.83. The number of rotatable bonds is 2. The minimum absolute atomic E-state index is 0.259. The largest absolute Gasteiger partial charge is 0.323 e. The highest BCUT2D eigenvalue weighted by molar-refractivity contribution is 5.32. The van der Waals surface area contributed by atoms with E-state index in [1.54, 1.807) is 0 Å². The molecule has 0 aliphatic heterocycles. The van der Waals surface area contributed by atoms with Crippen molar-refractivity contribution >= 4 is 0 Å². The van der Waals surface area contributed by atoms with Crippen molar-refractivity contribution in [2.45, 2.75) is 58.4 Å². The zero-order valence-corrected chi connectivity index (χ0v) is 12.9. The van der Waals surface area contributed by atoms with Crippen molar-refractivity contribution in [2.24, 2.45) is 28.9 Å². The van der Waals surface area contributed by atoms with Gasteiger partial charge in [-0.25, -0.2) is 0 Å². The molecule has 4 saturated carbocycles. The molecule has 4 aliphatic rings. The van der Waals surface area contributed by atoms with Gasteiger partial charge in [0.15, 0.2) is 0 Å². The van der Waals surface area contributed by atoms with Crippen LogP contribution in [0.15, 0.2) is 18.2 Å². The Bertz CT molecular complexity index is 475. The summed E-state index contributed by atoms with van der Waals surface area (Å²) in [7, 11) is 0. The molecular weight excluding hydrogens is 242 g/mol. The van der Waals surface area contributed by atoms with Crippen LogP contribution in [-0.4, -0.2) is 0 Å². The molecule has 1 unspecified atom stereocenters. The van der Waals surface area contributed by atoms with Gasteiger partial charge in [0.25, 0.3) is 0 Å². The van der Waals surface area contributed by atoms with E-state index in [9.17, 15) is 0 Å². The topological polar surface area (TPSA) is 26.0 Å². The Kier molecular flexibility index (Phi) is 2.79. The van der Waals surface area contributed by atoms with E-state index < -0.39 is 0 Å². The van der Waals surface area contributed by atoms with Gasteiger partial charge in [-0.2, -0.15) is 0 Å². The van der Waals surface area contributed by atoms with Crippen molar-refractivity contribution in [1.82, 2.24) is 0 Å². The zero-order chi connectivity index (χ0) is 13.9. The van der Waals surface area contributed by atoms with E-state index in [-0.39, 0.29) is 6.04 Å². The summed E-state index contributed by atoms with van der Waals surface area (Å²) in [5, 5.41) is 0. The van der Waals surface area contributed by atoms with Crippen molar-refractivity contribution in [1.29, 1.82) is 0 Å². The molecule has 4 fully saturated rings. The van der Waals surface area contributed by atoms with Crippen LogP contribution in [0.2, 0.25) is 0 Å². The van der Waals surface area contributed by atoms with Gasteiger partial charge in [0.2, 0.25) is 0 Å². The highest BCUT2D eigenvalue weighted by Gasteiger charge is 2.53. The van der Waals surface area contributed by atoms with Gasteiger partial charge in [0.05, 0.1) is 0 Å². The first-order valence-electron chi connectivity index (χ1n) is 8.38. The van der Waals surface area contributed by atoms with Crippen LogP contribution in [0, 0.1) is 37.0 Å². The Labute approximate surface area is 122 Å². The van der Waals surface area contributed by atoms with Gasteiger partial charge in [0, 0.05) is 6.04 Å². The first kappa shape index (κ1) is 12.9. The second-order valence-electron chi connectivity index (χ2n) is 8.18. The summed E-state index contributed by atoms with van der Waals surface area (Å²) in [6, 6.07) is 7.18. The Balaban J connectivity index is 1.69. The van der Waals surface area contributed by atoms with Gasteiger partial charge < -0.3 is 5.73 Å². The second-order valence-corrected chi connectivity index (χ2v) is 8.18. The molecule has 1 heteroatoms. The lowest BCUT2D eigenvalue weighted by Crippen LogP contribution is -2.50.